The maximum Gasteiger partial charge on any atom is 0.254 e. The van der Waals surface area contributed by atoms with Crippen LogP contribution in [0.2, 0.25) is 0 Å². The molecule has 0 radical (unpaired) electrons. The smallest absolute Gasteiger partial charge is 0.254 e. The second-order valence-corrected chi connectivity index (χ2v) is 4.53. The number of rotatable bonds is 8. The van der Waals surface area contributed by atoms with Crippen molar-refractivity contribution in [3.8, 4) is 5.75 Å². The Morgan fingerprint density at radius 1 is 1.05 bits per heavy atom. The predicted molar refractivity (Wildman–Crippen MR) is 80.6 cm³/mol. The molecule has 2 aromatic rings. The molecule has 22 heavy (non-hydrogen) atoms. The van der Waals surface area contributed by atoms with Gasteiger partial charge in [0, 0.05) is 13.0 Å². The number of carbonyl (C=O) groups excluding carboxylic acids is 2. The molecule has 6 heteroatoms. The fourth-order valence-electron chi connectivity index (χ4n) is 1.75. The Bertz CT molecular complexity index is 581. The summed E-state index contributed by atoms with van der Waals surface area (Å²) in [4.78, 5) is 23.2. The van der Waals surface area contributed by atoms with E-state index in [0.29, 0.717) is 18.7 Å². The summed E-state index contributed by atoms with van der Waals surface area (Å²) in [7, 11) is 0. The van der Waals surface area contributed by atoms with E-state index in [1.54, 1.807) is 6.07 Å². The third kappa shape index (κ3) is 5.32. The van der Waals surface area contributed by atoms with Gasteiger partial charge in [-0.15, -0.1) is 0 Å². The van der Waals surface area contributed by atoms with Crippen molar-refractivity contribution >= 4 is 11.8 Å². The number of carbonyl (C=O) groups is 2. The molecule has 0 spiro atoms. The van der Waals surface area contributed by atoms with Crippen LogP contribution in [0.4, 0.5) is 0 Å². The van der Waals surface area contributed by atoms with Crippen molar-refractivity contribution in [2.24, 2.45) is 0 Å². The zero-order valence-electron chi connectivity index (χ0n) is 12.1. The van der Waals surface area contributed by atoms with Crippen LogP contribution in [0.1, 0.15) is 16.8 Å². The molecule has 0 bridgehead atoms. The number of nitrogens with one attached hydrogen (secondary N) is 2. The minimum Gasteiger partial charge on any atom is -0.492 e. The fourth-order valence-corrected chi connectivity index (χ4v) is 1.75. The lowest BCUT2D eigenvalue weighted by atomic mass is 10.3. The topological polar surface area (TPSA) is 80.6 Å². The van der Waals surface area contributed by atoms with Gasteiger partial charge in [0.15, 0.2) is 0 Å². The molecule has 0 aliphatic heterocycles. The van der Waals surface area contributed by atoms with Crippen molar-refractivity contribution < 1.29 is 18.7 Å². The third-order valence-corrected chi connectivity index (χ3v) is 2.86. The highest BCUT2D eigenvalue weighted by molar-refractivity contribution is 5.93. The Labute approximate surface area is 128 Å². The average Bonchev–Trinajstić information content (AvgIpc) is 3.07. The number of furan rings is 1. The summed E-state index contributed by atoms with van der Waals surface area (Å²) in [6, 6.07) is 11.0. The van der Waals surface area contributed by atoms with Gasteiger partial charge in [-0.1, -0.05) is 18.2 Å². The lowest BCUT2D eigenvalue weighted by Gasteiger charge is -2.08. The molecule has 0 saturated carbocycles. The first-order valence-corrected chi connectivity index (χ1v) is 7.00. The van der Waals surface area contributed by atoms with Crippen LogP contribution in [-0.4, -0.2) is 31.5 Å². The van der Waals surface area contributed by atoms with Gasteiger partial charge in [-0.3, -0.25) is 9.59 Å². The number of hydrogen-bond acceptors (Lipinski definition) is 4. The van der Waals surface area contributed by atoms with Gasteiger partial charge in [-0.2, -0.15) is 0 Å². The third-order valence-electron chi connectivity index (χ3n) is 2.86. The average molecular weight is 302 g/mol. The summed E-state index contributed by atoms with van der Waals surface area (Å²) < 4.78 is 10.3. The molecule has 0 unspecified atom stereocenters. The minimum atomic E-state index is -0.256. The maximum atomic E-state index is 11.6. The summed E-state index contributed by atoms with van der Waals surface area (Å²) in [5.41, 5.74) is 0.441. The number of benzene rings is 1. The van der Waals surface area contributed by atoms with Crippen molar-refractivity contribution in [3.63, 3.8) is 0 Å². The van der Waals surface area contributed by atoms with Gasteiger partial charge in [0.2, 0.25) is 5.91 Å². The highest BCUT2D eigenvalue weighted by Gasteiger charge is 2.07. The van der Waals surface area contributed by atoms with Crippen molar-refractivity contribution in [1.82, 2.24) is 10.6 Å². The van der Waals surface area contributed by atoms with E-state index in [-0.39, 0.29) is 24.8 Å². The molecule has 0 fully saturated rings. The molecule has 0 aliphatic carbocycles. The summed E-state index contributed by atoms with van der Waals surface area (Å²) in [6.07, 6.45) is 3.00. The zero-order valence-corrected chi connectivity index (χ0v) is 12.1. The molecule has 1 aromatic heterocycles. The van der Waals surface area contributed by atoms with Crippen LogP contribution in [0.25, 0.3) is 0 Å². The summed E-state index contributed by atoms with van der Waals surface area (Å²) in [6.45, 7) is 1.09. The van der Waals surface area contributed by atoms with Gasteiger partial charge < -0.3 is 19.8 Å². The first-order valence-electron chi connectivity index (χ1n) is 7.00. The second-order valence-electron chi connectivity index (χ2n) is 4.53. The summed E-state index contributed by atoms with van der Waals surface area (Å²) in [5, 5.41) is 5.37. The van der Waals surface area contributed by atoms with E-state index in [1.165, 1.54) is 12.5 Å². The van der Waals surface area contributed by atoms with E-state index in [2.05, 4.69) is 10.6 Å². The number of amides is 2. The first kappa shape index (κ1) is 15.6. The van der Waals surface area contributed by atoms with Crippen molar-refractivity contribution in [1.29, 1.82) is 0 Å². The highest BCUT2D eigenvalue weighted by Crippen LogP contribution is 2.07. The monoisotopic (exact) mass is 302 g/mol. The predicted octanol–water partition coefficient (Wildman–Crippen LogP) is 1.59. The molecular formula is C16H18N2O4. The molecule has 2 N–H and O–H groups in total. The lowest BCUT2D eigenvalue weighted by Crippen LogP contribution is -2.32. The summed E-state index contributed by atoms with van der Waals surface area (Å²) in [5.74, 6) is 0.377. The molecule has 6 nitrogen and oxygen atoms in total. The number of para-hydroxylation sites is 1. The van der Waals surface area contributed by atoms with E-state index in [4.69, 9.17) is 9.15 Å². The molecule has 2 rings (SSSR count). The highest BCUT2D eigenvalue weighted by atomic mass is 16.5. The normalized spacial score (nSPS) is 10.0. The van der Waals surface area contributed by atoms with E-state index in [0.717, 1.165) is 5.75 Å². The van der Waals surface area contributed by atoms with Crippen molar-refractivity contribution in [3.05, 3.63) is 54.5 Å². The molecule has 1 heterocycles. The SMILES string of the molecule is O=C(CCNC(=O)c1ccoc1)NCCOc1ccccc1. The number of ether oxygens (including phenoxy) is 1. The van der Waals surface area contributed by atoms with Crippen LogP contribution in [-0.2, 0) is 4.79 Å². The standard InChI is InChI=1S/C16H18N2O4/c19-15(6-8-18-16(20)13-7-10-21-12-13)17-9-11-22-14-4-2-1-3-5-14/h1-5,7,10,12H,6,8-9,11H2,(H,17,19)(H,18,20). The van der Waals surface area contributed by atoms with Gasteiger partial charge >= 0.3 is 0 Å². The van der Waals surface area contributed by atoms with Crippen LogP contribution < -0.4 is 15.4 Å². The van der Waals surface area contributed by atoms with Gasteiger partial charge in [-0.25, -0.2) is 0 Å². The zero-order chi connectivity index (χ0) is 15.6. The molecule has 1 aromatic carbocycles. The van der Waals surface area contributed by atoms with E-state index < -0.39 is 0 Å². The molecule has 116 valence electrons. The minimum absolute atomic E-state index is 0.135. The van der Waals surface area contributed by atoms with Gasteiger partial charge in [0.1, 0.15) is 18.6 Å². The van der Waals surface area contributed by atoms with Gasteiger partial charge in [-0.05, 0) is 18.2 Å². The van der Waals surface area contributed by atoms with Crippen LogP contribution in [0.5, 0.6) is 5.75 Å². The van der Waals surface area contributed by atoms with Crippen molar-refractivity contribution in [2.75, 3.05) is 19.7 Å². The Kier molecular flexibility index (Phi) is 6.04. The van der Waals surface area contributed by atoms with Gasteiger partial charge in [0.05, 0.1) is 18.4 Å². The molecule has 0 atom stereocenters. The molecule has 0 aliphatic rings. The van der Waals surface area contributed by atoms with E-state index in [9.17, 15) is 9.59 Å². The Morgan fingerprint density at radius 2 is 1.86 bits per heavy atom. The largest absolute Gasteiger partial charge is 0.492 e. The second kappa shape index (κ2) is 8.51. The van der Waals surface area contributed by atoms with Crippen molar-refractivity contribution in [2.45, 2.75) is 6.42 Å². The maximum absolute atomic E-state index is 11.6. The van der Waals surface area contributed by atoms with Crippen LogP contribution >= 0.6 is 0 Å². The van der Waals surface area contributed by atoms with Crippen LogP contribution in [0.3, 0.4) is 0 Å². The fraction of sp³-hybridized carbons (Fsp3) is 0.250. The van der Waals surface area contributed by atoms with Crippen LogP contribution in [0, 0.1) is 0 Å². The Morgan fingerprint density at radius 3 is 2.59 bits per heavy atom. The molecule has 0 saturated heterocycles. The molecular weight excluding hydrogens is 284 g/mol. The Hall–Kier alpha value is -2.76. The summed E-state index contributed by atoms with van der Waals surface area (Å²) >= 11 is 0. The van der Waals surface area contributed by atoms with Crippen LogP contribution in [0.15, 0.2) is 53.3 Å². The number of hydrogen-bond donors (Lipinski definition) is 2. The quantitative estimate of drug-likeness (QED) is 0.726. The van der Waals surface area contributed by atoms with E-state index >= 15 is 0 Å². The van der Waals surface area contributed by atoms with Gasteiger partial charge in [0.25, 0.3) is 5.91 Å². The molecule has 2 amide bonds. The lowest BCUT2D eigenvalue weighted by molar-refractivity contribution is -0.121. The van der Waals surface area contributed by atoms with E-state index in [1.807, 2.05) is 30.3 Å². The first-order chi connectivity index (χ1) is 10.8. The Balaban J connectivity index is 1.54.